The second-order valence-corrected chi connectivity index (χ2v) is 11.3. The van der Waals surface area contributed by atoms with Gasteiger partial charge in [-0.1, -0.05) is 70.2 Å². The van der Waals surface area contributed by atoms with Gasteiger partial charge in [0.05, 0.1) is 36.2 Å². The van der Waals surface area contributed by atoms with E-state index in [0.29, 0.717) is 0 Å². The van der Waals surface area contributed by atoms with Gasteiger partial charge in [-0.3, -0.25) is 9.44 Å². The fraction of sp³-hybridized carbons (Fsp3) is 0.100. The van der Waals surface area contributed by atoms with Crippen LogP contribution in [0.4, 0.5) is 11.4 Å². The minimum absolute atomic E-state index is 0.00510. The summed E-state index contributed by atoms with van der Waals surface area (Å²) in [6.45, 7) is 3.66. The number of aryl methyl sites for hydroxylation is 2. The molecule has 0 radical (unpaired) electrons. The van der Waals surface area contributed by atoms with Crippen molar-refractivity contribution >= 4 is 66.2 Å². The molecule has 0 heterocycles. The van der Waals surface area contributed by atoms with Crippen LogP contribution in [0.1, 0.15) is 11.1 Å². The van der Waals surface area contributed by atoms with Crippen molar-refractivity contribution in [3.63, 3.8) is 0 Å². The predicted octanol–water partition coefficient (Wildman–Crippen LogP) is 5.87. The molecule has 0 spiro atoms. The van der Waals surface area contributed by atoms with Crippen molar-refractivity contribution in [3.8, 4) is 0 Å². The van der Waals surface area contributed by atoms with Crippen LogP contribution in [0, 0.1) is 13.8 Å². The highest BCUT2D eigenvalue weighted by molar-refractivity contribution is 7.93. The summed E-state index contributed by atoms with van der Waals surface area (Å²) in [7, 11) is -7.97. The van der Waals surface area contributed by atoms with Crippen LogP contribution in [0.25, 0.3) is 0 Å². The largest absolute Gasteiger partial charge is 0.278 e. The van der Waals surface area contributed by atoms with E-state index in [1.165, 1.54) is 30.3 Å². The van der Waals surface area contributed by atoms with Crippen LogP contribution in [-0.2, 0) is 20.0 Å². The number of benzene rings is 3. The average molecular weight is 520 g/mol. The quantitative estimate of drug-likeness (QED) is 0.399. The number of hydrogen-bond acceptors (Lipinski definition) is 4. The summed E-state index contributed by atoms with van der Waals surface area (Å²) < 4.78 is 55.3. The van der Waals surface area contributed by atoms with Gasteiger partial charge in [0.15, 0.2) is 0 Å². The van der Waals surface area contributed by atoms with Crippen molar-refractivity contribution in [2.45, 2.75) is 23.6 Å². The summed E-state index contributed by atoms with van der Waals surface area (Å²) in [6.07, 6.45) is 0. The van der Waals surface area contributed by atoms with Crippen molar-refractivity contribution in [3.05, 3.63) is 80.8 Å². The van der Waals surface area contributed by atoms with Gasteiger partial charge in [-0.15, -0.1) is 0 Å². The molecule has 0 bridgehead atoms. The first-order valence-electron chi connectivity index (χ1n) is 8.77. The molecular formula is C20H17Cl3N2O4S2. The van der Waals surface area contributed by atoms with Crippen LogP contribution >= 0.6 is 34.8 Å². The van der Waals surface area contributed by atoms with Gasteiger partial charge in [-0.05, 0) is 44.2 Å². The SMILES string of the molecule is Cc1ccc(S(=O)(=O)Nc2cc(Cl)c(NS(=O)(=O)c3ccc(C)cc3)c(Cl)c2Cl)cc1. The van der Waals surface area contributed by atoms with E-state index in [2.05, 4.69) is 9.44 Å². The second-order valence-electron chi connectivity index (χ2n) is 6.75. The number of hydrogen-bond donors (Lipinski definition) is 2. The fourth-order valence-corrected chi connectivity index (χ4v) is 5.66. The van der Waals surface area contributed by atoms with Gasteiger partial charge in [0, 0.05) is 0 Å². The molecule has 0 saturated heterocycles. The van der Waals surface area contributed by atoms with Crippen molar-refractivity contribution in [1.82, 2.24) is 0 Å². The summed E-state index contributed by atoms with van der Waals surface area (Å²) in [6, 6.07) is 13.5. The molecule has 0 aliphatic rings. The molecular weight excluding hydrogens is 503 g/mol. The van der Waals surface area contributed by atoms with Gasteiger partial charge in [-0.2, -0.15) is 0 Å². The van der Waals surface area contributed by atoms with E-state index in [4.69, 9.17) is 34.8 Å². The Balaban J connectivity index is 1.95. The van der Waals surface area contributed by atoms with E-state index in [0.717, 1.165) is 11.1 Å². The molecule has 2 N–H and O–H groups in total. The number of nitrogens with one attached hydrogen (secondary N) is 2. The molecule has 11 heteroatoms. The molecule has 0 fully saturated rings. The Kier molecular flexibility index (Phi) is 6.78. The Morgan fingerprint density at radius 1 is 0.645 bits per heavy atom. The number of rotatable bonds is 6. The number of sulfonamides is 2. The van der Waals surface area contributed by atoms with Gasteiger partial charge in [0.25, 0.3) is 20.0 Å². The number of anilines is 2. The molecule has 3 aromatic rings. The molecule has 3 rings (SSSR count). The lowest BCUT2D eigenvalue weighted by Crippen LogP contribution is -2.15. The smallest absolute Gasteiger partial charge is 0.261 e. The third-order valence-electron chi connectivity index (χ3n) is 4.30. The normalized spacial score (nSPS) is 11.9. The summed E-state index contributed by atoms with van der Waals surface area (Å²) in [5.41, 5.74) is 1.54. The predicted molar refractivity (Wildman–Crippen MR) is 125 cm³/mol. The molecule has 0 atom stereocenters. The van der Waals surface area contributed by atoms with Gasteiger partial charge >= 0.3 is 0 Å². The van der Waals surface area contributed by atoms with Crippen molar-refractivity contribution < 1.29 is 16.8 Å². The molecule has 164 valence electrons. The lowest BCUT2D eigenvalue weighted by Gasteiger charge is -2.16. The Morgan fingerprint density at radius 3 is 1.52 bits per heavy atom. The zero-order valence-corrected chi connectivity index (χ0v) is 20.2. The minimum Gasteiger partial charge on any atom is -0.278 e. The van der Waals surface area contributed by atoms with Gasteiger partial charge in [0.1, 0.15) is 0 Å². The van der Waals surface area contributed by atoms with Crippen LogP contribution in [0.15, 0.2) is 64.4 Å². The van der Waals surface area contributed by atoms with Crippen LogP contribution in [0.2, 0.25) is 15.1 Å². The van der Waals surface area contributed by atoms with Gasteiger partial charge < -0.3 is 0 Å². The minimum atomic E-state index is -4.00. The van der Waals surface area contributed by atoms with Gasteiger partial charge in [0.2, 0.25) is 0 Å². The first kappa shape index (κ1) is 23.7. The third kappa shape index (κ3) is 5.27. The molecule has 0 aliphatic carbocycles. The Hall–Kier alpha value is -1.97. The fourth-order valence-electron chi connectivity index (χ4n) is 2.59. The Labute approximate surface area is 196 Å². The molecule has 6 nitrogen and oxygen atoms in total. The van der Waals surface area contributed by atoms with E-state index in [1.54, 1.807) is 24.3 Å². The first-order valence-corrected chi connectivity index (χ1v) is 12.9. The molecule has 0 aliphatic heterocycles. The van der Waals surface area contributed by atoms with E-state index in [-0.39, 0.29) is 36.2 Å². The monoisotopic (exact) mass is 518 g/mol. The molecule has 0 aromatic heterocycles. The molecule has 31 heavy (non-hydrogen) atoms. The zero-order valence-electron chi connectivity index (χ0n) is 16.3. The maximum absolute atomic E-state index is 12.7. The Bertz CT molecular complexity index is 1340. The van der Waals surface area contributed by atoms with Crippen molar-refractivity contribution in [1.29, 1.82) is 0 Å². The van der Waals surface area contributed by atoms with E-state index in [9.17, 15) is 16.8 Å². The van der Waals surface area contributed by atoms with Crippen molar-refractivity contribution in [2.24, 2.45) is 0 Å². The van der Waals surface area contributed by atoms with E-state index in [1.807, 2.05) is 13.8 Å². The maximum atomic E-state index is 12.7. The summed E-state index contributed by atoms with van der Waals surface area (Å²) in [5.74, 6) is 0. The van der Waals surface area contributed by atoms with Crippen LogP contribution in [0.3, 0.4) is 0 Å². The lowest BCUT2D eigenvalue weighted by molar-refractivity contribution is 0.599. The van der Waals surface area contributed by atoms with Crippen molar-refractivity contribution in [2.75, 3.05) is 9.44 Å². The molecule has 0 unspecified atom stereocenters. The highest BCUT2D eigenvalue weighted by Gasteiger charge is 2.23. The van der Waals surface area contributed by atoms with Gasteiger partial charge in [-0.25, -0.2) is 16.8 Å². The second kappa shape index (κ2) is 8.88. The van der Waals surface area contributed by atoms with E-state index >= 15 is 0 Å². The standard InChI is InChI=1S/C20H17Cl3N2O4S2/c1-12-3-7-14(8-4-12)30(26,27)24-17-11-16(21)20(19(23)18(17)22)25-31(28,29)15-9-5-13(2)6-10-15/h3-11,24-25H,1-2H3. The number of halogens is 3. The van der Waals surface area contributed by atoms with Crippen LogP contribution in [0.5, 0.6) is 0 Å². The Morgan fingerprint density at radius 2 is 1.06 bits per heavy atom. The summed E-state index contributed by atoms with van der Waals surface area (Å²) in [5, 5.41) is -0.582. The summed E-state index contributed by atoms with van der Waals surface area (Å²) >= 11 is 18.7. The maximum Gasteiger partial charge on any atom is 0.261 e. The van der Waals surface area contributed by atoms with Crippen LogP contribution < -0.4 is 9.44 Å². The zero-order chi connectivity index (χ0) is 23.0. The lowest BCUT2D eigenvalue weighted by atomic mass is 10.2. The average Bonchev–Trinajstić information content (AvgIpc) is 2.70. The third-order valence-corrected chi connectivity index (χ3v) is 8.21. The van der Waals surface area contributed by atoms with Crippen LogP contribution in [-0.4, -0.2) is 16.8 Å². The van der Waals surface area contributed by atoms with E-state index < -0.39 is 20.0 Å². The highest BCUT2D eigenvalue weighted by atomic mass is 35.5. The highest BCUT2D eigenvalue weighted by Crippen LogP contribution is 2.42. The molecule has 0 saturated carbocycles. The summed E-state index contributed by atoms with van der Waals surface area (Å²) in [4.78, 5) is 0.0241. The molecule has 3 aromatic carbocycles. The first-order chi connectivity index (χ1) is 14.4. The topological polar surface area (TPSA) is 92.3 Å². The molecule has 0 amide bonds.